The molecule has 2 heterocycles. The van der Waals surface area contributed by atoms with Gasteiger partial charge < -0.3 is 4.74 Å². The molecule has 0 saturated carbocycles. The van der Waals surface area contributed by atoms with E-state index in [-0.39, 0.29) is 0 Å². The average Bonchev–Trinajstić information content (AvgIpc) is 3.12. The van der Waals surface area contributed by atoms with E-state index >= 15 is 0 Å². The first-order chi connectivity index (χ1) is 10.3. The smallest absolute Gasteiger partial charge is 0.0988 e. The number of hydrogen-bond donors (Lipinski definition) is 0. The third kappa shape index (κ3) is 2.87. The van der Waals surface area contributed by atoms with Gasteiger partial charge in [-0.25, -0.2) is 4.68 Å². The fourth-order valence-corrected chi connectivity index (χ4v) is 2.25. The van der Waals surface area contributed by atoms with Crippen molar-refractivity contribution >= 4 is 0 Å². The number of ether oxygens (including phenoxy) is 1. The van der Waals surface area contributed by atoms with Gasteiger partial charge in [0.15, 0.2) is 0 Å². The fraction of sp³-hybridized carbons (Fsp3) is 0.250. The molecule has 5 nitrogen and oxygen atoms in total. The van der Waals surface area contributed by atoms with Crippen LogP contribution < -0.4 is 0 Å². The number of benzene rings is 1. The molecule has 5 heteroatoms. The van der Waals surface area contributed by atoms with Crippen molar-refractivity contribution in [2.45, 2.75) is 13.5 Å². The second-order valence-electron chi connectivity index (χ2n) is 4.93. The van der Waals surface area contributed by atoms with Crippen molar-refractivity contribution in [3.63, 3.8) is 0 Å². The minimum atomic E-state index is 0.651. The summed E-state index contributed by atoms with van der Waals surface area (Å²) in [5, 5.41) is 9.02. The molecule has 0 saturated heterocycles. The molecule has 0 bridgehead atoms. The van der Waals surface area contributed by atoms with Gasteiger partial charge in [0.2, 0.25) is 0 Å². The SMILES string of the molecule is COCCn1cc(-c2nn(-c3ccccc3)cc2C)cn1. The monoisotopic (exact) mass is 282 g/mol. The van der Waals surface area contributed by atoms with E-state index in [4.69, 9.17) is 4.74 Å². The molecule has 0 amide bonds. The maximum atomic E-state index is 5.07. The average molecular weight is 282 g/mol. The number of hydrogen-bond acceptors (Lipinski definition) is 3. The molecule has 2 aromatic heterocycles. The van der Waals surface area contributed by atoms with Crippen LogP contribution in [0.25, 0.3) is 16.9 Å². The lowest BCUT2D eigenvalue weighted by molar-refractivity contribution is 0.183. The molecule has 21 heavy (non-hydrogen) atoms. The molecule has 1 aromatic carbocycles. The molecule has 3 rings (SSSR count). The summed E-state index contributed by atoms with van der Waals surface area (Å²) in [6.45, 7) is 3.46. The molecular formula is C16H18N4O. The Kier molecular flexibility index (Phi) is 3.83. The number of para-hydroxylation sites is 1. The van der Waals surface area contributed by atoms with Gasteiger partial charge in [-0.15, -0.1) is 0 Å². The normalized spacial score (nSPS) is 11.0. The standard InChI is InChI=1S/C16H18N4O/c1-13-11-20(15-6-4-3-5-7-15)18-16(13)14-10-17-19(12-14)8-9-21-2/h3-7,10-12H,8-9H2,1-2H3. The molecule has 0 aliphatic rings. The van der Waals surface area contributed by atoms with E-state index in [1.165, 1.54) is 0 Å². The van der Waals surface area contributed by atoms with Gasteiger partial charge in [-0.3, -0.25) is 4.68 Å². The van der Waals surface area contributed by atoms with Crippen molar-refractivity contribution in [3.05, 3.63) is 54.5 Å². The molecule has 108 valence electrons. The lowest BCUT2D eigenvalue weighted by atomic mass is 10.2. The Balaban J connectivity index is 1.89. The third-order valence-corrected chi connectivity index (χ3v) is 3.35. The zero-order chi connectivity index (χ0) is 14.7. The molecule has 0 radical (unpaired) electrons. The quantitative estimate of drug-likeness (QED) is 0.722. The minimum Gasteiger partial charge on any atom is -0.383 e. The maximum Gasteiger partial charge on any atom is 0.0988 e. The van der Waals surface area contributed by atoms with Crippen LogP contribution in [0.1, 0.15) is 5.56 Å². The van der Waals surface area contributed by atoms with Crippen molar-refractivity contribution in [3.8, 4) is 16.9 Å². The Hall–Kier alpha value is -2.40. The Morgan fingerprint density at radius 2 is 1.95 bits per heavy atom. The first-order valence-electron chi connectivity index (χ1n) is 6.91. The van der Waals surface area contributed by atoms with E-state index in [9.17, 15) is 0 Å². The van der Waals surface area contributed by atoms with Gasteiger partial charge in [0.25, 0.3) is 0 Å². The Morgan fingerprint density at radius 1 is 1.14 bits per heavy atom. The summed E-state index contributed by atoms with van der Waals surface area (Å²) in [6.07, 6.45) is 5.89. The highest BCUT2D eigenvalue weighted by molar-refractivity contribution is 5.61. The summed E-state index contributed by atoms with van der Waals surface area (Å²) in [5.74, 6) is 0. The van der Waals surface area contributed by atoms with Crippen LogP contribution in [0.5, 0.6) is 0 Å². The molecular weight excluding hydrogens is 264 g/mol. The summed E-state index contributed by atoms with van der Waals surface area (Å²) in [5.41, 5.74) is 4.17. The van der Waals surface area contributed by atoms with E-state index in [1.54, 1.807) is 7.11 Å². The van der Waals surface area contributed by atoms with Crippen molar-refractivity contribution in [2.24, 2.45) is 0 Å². The fourth-order valence-electron chi connectivity index (χ4n) is 2.25. The molecule has 0 fully saturated rings. The second kappa shape index (κ2) is 5.93. The van der Waals surface area contributed by atoms with Gasteiger partial charge in [-0.05, 0) is 24.6 Å². The number of rotatable bonds is 5. The molecule has 3 aromatic rings. The first-order valence-corrected chi connectivity index (χ1v) is 6.91. The van der Waals surface area contributed by atoms with Crippen LogP contribution in [0.4, 0.5) is 0 Å². The number of aryl methyl sites for hydroxylation is 1. The van der Waals surface area contributed by atoms with E-state index in [1.807, 2.05) is 58.3 Å². The topological polar surface area (TPSA) is 44.9 Å². The highest BCUT2D eigenvalue weighted by Gasteiger charge is 2.10. The van der Waals surface area contributed by atoms with Gasteiger partial charge >= 0.3 is 0 Å². The summed E-state index contributed by atoms with van der Waals surface area (Å²) in [7, 11) is 1.69. The molecule has 0 aliphatic carbocycles. The van der Waals surface area contributed by atoms with Gasteiger partial charge in [0.05, 0.1) is 30.7 Å². The molecule has 0 N–H and O–H groups in total. The van der Waals surface area contributed by atoms with Gasteiger partial charge in [0, 0.05) is 25.1 Å². The Morgan fingerprint density at radius 3 is 2.71 bits per heavy atom. The van der Waals surface area contributed by atoms with Gasteiger partial charge in [0.1, 0.15) is 0 Å². The maximum absolute atomic E-state index is 5.07. The second-order valence-corrected chi connectivity index (χ2v) is 4.93. The third-order valence-electron chi connectivity index (χ3n) is 3.35. The van der Waals surface area contributed by atoms with Gasteiger partial charge in [-0.2, -0.15) is 10.2 Å². The van der Waals surface area contributed by atoms with Crippen LogP contribution in [0.2, 0.25) is 0 Å². The molecule has 0 atom stereocenters. The van der Waals surface area contributed by atoms with Crippen molar-refractivity contribution < 1.29 is 4.74 Å². The predicted molar refractivity (Wildman–Crippen MR) is 81.4 cm³/mol. The number of aromatic nitrogens is 4. The summed E-state index contributed by atoms with van der Waals surface area (Å²) in [6, 6.07) is 10.1. The summed E-state index contributed by atoms with van der Waals surface area (Å²) in [4.78, 5) is 0. The van der Waals surface area contributed by atoms with E-state index in [0.717, 1.165) is 29.1 Å². The number of methoxy groups -OCH3 is 1. The predicted octanol–water partition coefficient (Wildman–Crippen LogP) is 2.69. The van der Waals surface area contributed by atoms with Gasteiger partial charge in [-0.1, -0.05) is 18.2 Å². The van der Waals surface area contributed by atoms with Crippen molar-refractivity contribution in [1.29, 1.82) is 0 Å². The summed E-state index contributed by atoms with van der Waals surface area (Å²) < 4.78 is 8.84. The van der Waals surface area contributed by atoms with E-state index in [2.05, 4.69) is 17.1 Å². The molecule has 0 unspecified atom stereocenters. The summed E-state index contributed by atoms with van der Waals surface area (Å²) >= 11 is 0. The van der Waals surface area contributed by atoms with Crippen molar-refractivity contribution in [1.82, 2.24) is 19.6 Å². The zero-order valence-corrected chi connectivity index (χ0v) is 12.2. The van der Waals surface area contributed by atoms with E-state index in [0.29, 0.717) is 6.61 Å². The van der Waals surface area contributed by atoms with Crippen LogP contribution in [0, 0.1) is 6.92 Å². The lowest BCUT2D eigenvalue weighted by Crippen LogP contribution is -2.03. The molecule has 0 spiro atoms. The number of nitrogens with zero attached hydrogens (tertiary/aromatic N) is 4. The van der Waals surface area contributed by atoms with Crippen LogP contribution in [0.15, 0.2) is 48.9 Å². The minimum absolute atomic E-state index is 0.651. The van der Waals surface area contributed by atoms with Crippen LogP contribution >= 0.6 is 0 Å². The van der Waals surface area contributed by atoms with E-state index < -0.39 is 0 Å². The zero-order valence-electron chi connectivity index (χ0n) is 12.2. The van der Waals surface area contributed by atoms with Crippen LogP contribution in [-0.4, -0.2) is 33.3 Å². The van der Waals surface area contributed by atoms with Crippen LogP contribution in [0.3, 0.4) is 0 Å². The Labute approximate surface area is 123 Å². The van der Waals surface area contributed by atoms with Crippen molar-refractivity contribution in [2.75, 3.05) is 13.7 Å². The largest absolute Gasteiger partial charge is 0.383 e. The Bertz CT molecular complexity index is 715. The highest BCUT2D eigenvalue weighted by atomic mass is 16.5. The van der Waals surface area contributed by atoms with Crippen LogP contribution in [-0.2, 0) is 11.3 Å². The lowest BCUT2D eigenvalue weighted by Gasteiger charge is -1.99. The highest BCUT2D eigenvalue weighted by Crippen LogP contribution is 2.22. The molecule has 0 aliphatic heterocycles. The first kappa shape index (κ1) is 13.6.